The topological polar surface area (TPSA) is 60.4 Å². The predicted molar refractivity (Wildman–Crippen MR) is 69.3 cm³/mol. The standard InChI is InChI=1S/C15H20O4/c1-9(16)7-14(2)10-5-6-11(12(14)17)15(3,8-10)13(18)19-4/h5-6,10-11H,7-8H2,1-4H3/t10?,11?,14-,15+/m1/s1. The van der Waals surface area contributed by atoms with Crippen LogP contribution in [0, 0.1) is 22.7 Å². The van der Waals surface area contributed by atoms with Gasteiger partial charge in [-0.1, -0.05) is 19.1 Å². The van der Waals surface area contributed by atoms with E-state index in [9.17, 15) is 14.4 Å². The van der Waals surface area contributed by atoms with Crippen molar-refractivity contribution in [3.8, 4) is 0 Å². The number of carbonyl (C=O) groups is 3. The van der Waals surface area contributed by atoms with E-state index in [1.165, 1.54) is 14.0 Å². The van der Waals surface area contributed by atoms with Gasteiger partial charge < -0.3 is 4.74 Å². The molecule has 0 aromatic carbocycles. The summed E-state index contributed by atoms with van der Waals surface area (Å²) in [6.45, 7) is 5.13. The summed E-state index contributed by atoms with van der Waals surface area (Å²) >= 11 is 0. The molecule has 19 heavy (non-hydrogen) atoms. The summed E-state index contributed by atoms with van der Waals surface area (Å²) in [5.41, 5.74) is -1.46. The van der Waals surface area contributed by atoms with Crippen LogP contribution in [-0.4, -0.2) is 24.6 Å². The average molecular weight is 264 g/mol. The summed E-state index contributed by atoms with van der Waals surface area (Å²) < 4.78 is 4.85. The van der Waals surface area contributed by atoms with Gasteiger partial charge in [-0.25, -0.2) is 0 Å². The number of methoxy groups -OCH3 is 1. The number of ether oxygens (including phenoxy) is 1. The minimum Gasteiger partial charge on any atom is -0.469 e. The molecular weight excluding hydrogens is 244 g/mol. The van der Waals surface area contributed by atoms with Crippen LogP contribution in [0.5, 0.6) is 0 Å². The highest BCUT2D eigenvalue weighted by atomic mass is 16.5. The van der Waals surface area contributed by atoms with E-state index in [2.05, 4.69) is 0 Å². The lowest BCUT2D eigenvalue weighted by molar-refractivity contribution is -0.168. The van der Waals surface area contributed by atoms with Gasteiger partial charge in [0, 0.05) is 11.8 Å². The third-order valence-electron chi connectivity index (χ3n) is 4.80. The first-order valence-electron chi connectivity index (χ1n) is 6.56. The molecule has 0 heterocycles. The first-order valence-corrected chi connectivity index (χ1v) is 6.56. The molecule has 0 aromatic heterocycles. The van der Waals surface area contributed by atoms with E-state index in [0.717, 1.165) is 0 Å². The maximum absolute atomic E-state index is 12.7. The van der Waals surface area contributed by atoms with E-state index in [4.69, 9.17) is 4.74 Å². The average Bonchev–Trinajstić information content (AvgIpc) is 2.34. The van der Waals surface area contributed by atoms with Crippen molar-refractivity contribution in [2.45, 2.75) is 33.6 Å². The van der Waals surface area contributed by atoms with Crippen LogP contribution in [0.2, 0.25) is 0 Å². The van der Waals surface area contributed by atoms with Gasteiger partial charge >= 0.3 is 5.97 Å². The molecule has 0 amide bonds. The van der Waals surface area contributed by atoms with Crippen molar-refractivity contribution >= 4 is 17.5 Å². The van der Waals surface area contributed by atoms with E-state index < -0.39 is 16.7 Å². The number of hydrogen-bond donors (Lipinski definition) is 0. The molecule has 4 nitrogen and oxygen atoms in total. The highest BCUT2D eigenvalue weighted by Crippen LogP contribution is 2.56. The summed E-state index contributed by atoms with van der Waals surface area (Å²) in [5.74, 6) is -0.886. The quantitative estimate of drug-likeness (QED) is 0.577. The first kappa shape index (κ1) is 14.0. The molecule has 3 aliphatic rings. The molecule has 1 saturated carbocycles. The van der Waals surface area contributed by atoms with Crippen LogP contribution in [0.15, 0.2) is 12.2 Å². The minimum absolute atomic E-state index is 0.00523. The largest absolute Gasteiger partial charge is 0.469 e. The fraction of sp³-hybridized carbons (Fsp3) is 0.667. The van der Waals surface area contributed by atoms with Gasteiger partial charge in [0.15, 0.2) is 0 Å². The molecule has 3 rings (SSSR count). The van der Waals surface area contributed by atoms with Crippen molar-refractivity contribution in [1.82, 2.24) is 0 Å². The Kier molecular flexibility index (Phi) is 3.15. The number of carbonyl (C=O) groups excluding carboxylic acids is 3. The van der Waals surface area contributed by atoms with Crippen LogP contribution < -0.4 is 0 Å². The second-order valence-electron chi connectivity index (χ2n) is 6.24. The fourth-order valence-electron chi connectivity index (χ4n) is 3.64. The Balaban J connectivity index is 2.40. The van der Waals surface area contributed by atoms with E-state index in [1.54, 1.807) is 6.92 Å². The Morgan fingerprint density at radius 1 is 1.37 bits per heavy atom. The Labute approximate surface area is 113 Å². The Bertz CT molecular complexity index is 479. The lowest BCUT2D eigenvalue weighted by Gasteiger charge is -2.52. The Morgan fingerprint density at radius 2 is 2.00 bits per heavy atom. The third kappa shape index (κ3) is 1.85. The number of Topliss-reactive ketones (excluding diaryl/α,β-unsaturated/α-hetero) is 2. The molecule has 0 N–H and O–H groups in total. The fourth-order valence-corrected chi connectivity index (χ4v) is 3.64. The molecule has 0 saturated heterocycles. The molecular formula is C15H20O4. The zero-order valence-corrected chi connectivity index (χ0v) is 11.9. The maximum Gasteiger partial charge on any atom is 0.312 e. The maximum atomic E-state index is 12.7. The molecule has 2 bridgehead atoms. The van der Waals surface area contributed by atoms with Crippen molar-refractivity contribution in [3.05, 3.63) is 12.2 Å². The Morgan fingerprint density at radius 3 is 2.47 bits per heavy atom. The van der Waals surface area contributed by atoms with Crippen LogP contribution in [0.25, 0.3) is 0 Å². The van der Waals surface area contributed by atoms with E-state index in [1.807, 2.05) is 19.1 Å². The summed E-state index contributed by atoms with van der Waals surface area (Å²) in [5, 5.41) is 0. The summed E-state index contributed by atoms with van der Waals surface area (Å²) in [4.78, 5) is 36.1. The second-order valence-corrected chi connectivity index (χ2v) is 6.24. The molecule has 0 aromatic rings. The minimum atomic E-state index is -0.790. The van der Waals surface area contributed by atoms with Gasteiger partial charge in [-0.2, -0.15) is 0 Å². The van der Waals surface area contributed by atoms with Gasteiger partial charge in [-0.3, -0.25) is 14.4 Å². The summed E-state index contributed by atoms with van der Waals surface area (Å²) in [6, 6.07) is 0. The smallest absolute Gasteiger partial charge is 0.312 e. The molecule has 0 aliphatic heterocycles. The number of ketones is 2. The number of fused-ring (bicyclic) bond motifs is 2. The highest BCUT2D eigenvalue weighted by molar-refractivity contribution is 5.99. The number of rotatable bonds is 3. The molecule has 4 atom stereocenters. The van der Waals surface area contributed by atoms with Gasteiger partial charge in [0.05, 0.1) is 18.4 Å². The van der Waals surface area contributed by atoms with Crippen LogP contribution in [0.1, 0.15) is 33.6 Å². The van der Waals surface area contributed by atoms with Crippen molar-refractivity contribution in [3.63, 3.8) is 0 Å². The molecule has 3 aliphatic carbocycles. The van der Waals surface area contributed by atoms with Crippen molar-refractivity contribution in [1.29, 1.82) is 0 Å². The van der Waals surface area contributed by atoms with Crippen molar-refractivity contribution < 1.29 is 19.1 Å². The SMILES string of the molecule is COC(=O)[C@@]1(C)CC2C=CC1C(=O)[C@]2(C)CC(C)=O. The second kappa shape index (κ2) is 4.29. The molecule has 104 valence electrons. The van der Waals surface area contributed by atoms with E-state index in [-0.39, 0.29) is 29.9 Å². The van der Waals surface area contributed by atoms with Gasteiger partial charge in [-0.15, -0.1) is 0 Å². The van der Waals surface area contributed by atoms with Crippen LogP contribution in [0.4, 0.5) is 0 Å². The Hall–Kier alpha value is -1.45. The number of esters is 1. The number of hydrogen-bond acceptors (Lipinski definition) is 4. The van der Waals surface area contributed by atoms with Gasteiger partial charge in [-0.05, 0) is 26.2 Å². The molecule has 4 heteroatoms. The molecule has 0 radical (unpaired) electrons. The highest BCUT2D eigenvalue weighted by Gasteiger charge is 2.60. The molecule has 2 unspecified atom stereocenters. The van der Waals surface area contributed by atoms with E-state index in [0.29, 0.717) is 6.42 Å². The van der Waals surface area contributed by atoms with E-state index >= 15 is 0 Å². The van der Waals surface area contributed by atoms with Crippen molar-refractivity contribution in [2.24, 2.45) is 22.7 Å². The van der Waals surface area contributed by atoms with Gasteiger partial charge in [0.1, 0.15) is 11.6 Å². The lowest BCUT2D eigenvalue weighted by Crippen LogP contribution is -2.57. The molecule has 0 spiro atoms. The zero-order chi connectivity index (χ0) is 14.4. The predicted octanol–water partition coefficient (Wildman–Crippen LogP) is 1.93. The third-order valence-corrected chi connectivity index (χ3v) is 4.80. The van der Waals surface area contributed by atoms with Gasteiger partial charge in [0.2, 0.25) is 0 Å². The lowest BCUT2D eigenvalue weighted by atomic mass is 9.49. The normalized spacial score (nSPS) is 40.3. The van der Waals surface area contributed by atoms with Crippen LogP contribution in [-0.2, 0) is 19.1 Å². The summed E-state index contributed by atoms with van der Waals surface area (Å²) in [7, 11) is 1.35. The number of allylic oxidation sites excluding steroid dienone is 2. The first-order chi connectivity index (χ1) is 8.75. The zero-order valence-electron chi connectivity index (χ0n) is 11.9. The summed E-state index contributed by atoms with van der Waals surface area (Å²) in [6.07, 6.45) is 4.61. The van der Waals surface area contributed by atoms with Crippen LogP contribution >= 0.6 is 0 Å². The molecule has 1 fully saturated rings. The monoisotopic (exact) mass is 264 g/mol. The van der Waals surface area contributed by atoms with Gasteiger partial charge in [0.25, 0.3) is 0 Å². The van der Waals surface area contributed by atoms with Crippen molar-refractivity contribution in [2.75, 3.05) is 7.11 Å². The van der Waals surface area contributed by atoms with Crippen LogP contribution in [0.3, 0.4) is 0 Å².